The predicted molar refractivity (Wildman–Crippen MR) is 71.0 cm³/mol. The molecule has 0 fully saturated rings. The van der Waals surface area contributed by atoms with Gasteiger partial charge in [-0.25, -0.2) is 4.79 Å². The predicted octanol–water partition coefficient (Wildman–Crippen LogP) is 3.72. The van der Waals surface area contributed by atoms with Gasteiger partial charge >= 0.3 is 5.97 Å². The van der Waals surface area contributed by atoms with Crippen LogP contribution in [0.5, 0.6) is 0 Å². The second-order valence-corrected chi connectivity index (χ2v) is 5.17. The molecule has 0 heterocycles. The minimum Gasteiger partial charge on any atom is -0.478 e. The van der Waals surface area contributed by atoms with Crippen LogP contribution in [0.1, 0.15) is 38.8 Å². The number of carboxylic acid groups (broad SMARTS) is 1. The van der Waals surface area contributed by atoms with Crippen LogP contribution in [0.4, 0.5) is 0 Å². The van der Waals surface area contributed by atoms with Gasteiger partial charge in [-0.05, 0) is 28.5 Å². The second-order valence-electron chi connectivity index (χ2n) is 5.17. The number of carbonyl (C=O) groups is 1. The van der Waals surface area contributed by atoms with Crippen molar-refractivity contribution in [2.24, 2.45) is 5.92 Å². The van der Waals surface area contributed by atoms with Crippen molar-refractivity contribution in [1.82, 2.24) is 0 Å². The van der Waals surface area contributed by atoms with E-state index in [1.807, 2.05) is 12.1 Å². The molecule has 1 aromatic carbocycles. The lowest BCUT2D eigenvalue weighted by Crippen LogP contribution is -2.24. The number of benzene rings is 1. The summed E-state index contributed by atoms with van der Waals surface area (Å²) in [6.07, 6.45) is 2.76. The van der Waals surface area contributed by atoms with Crippen LogP contribution < -0.4 is 0 Å². The Morgan fingerprint density at radius 2 is 1.76 bits per heavy atom. The van der Waals surface area contributed by atoms with Crippen molar-refractivity contribution in [2.75, 3.05) is 0 Å². The van der Waals surface area contributed by atoms with Crippen LogP contribution in [-0.2, 0) is 10.2 Å². The van der Waals surface area contributed by atoms with Gasteiger partial charge in [0.05, 0.1) is 0 Å². The minimum absolute atomic E-state index is 0.134. The van der Waals surface area contributed by atoms with Crippen molar-refractivity contribution in [3.05, 3.63) is 41.5 Å². The number of hydrogen-bond acceptors (Lipinski definition) is 1. The fourth-order valence-corrected chi connectivity index (χ4v) is 1.52. The van der Waals surface area contributed by atoms with Gasteiger partial charge in [-0.2, -0.15) is 0 Å². The van der Waals surface area contributed by atoms with Crippen LogP contribution in [0.15, 0.2) is 30.3 Å². The summed E-state index contributed by atoms with van der Waals surface area (Å²) in [6.45, 7) is 8.86. The summed E-state index contributed by atoms with van der Waals surface area (Å²) in [5, 5.41) is 8.54. The van der Waals surface area contributed by atoms with Crippen LogP contribution in [0.25, 0.3) is 6.08 Å². The van der Waals surface area contributed by atoms with Crippen LogP contribution in [0, 0.1) is 5.92 Å². The average Bonchev–Trinajstić information content (AvgIpc) is 2.26. The minimum atomic E-state index is -0.920. The van der Waals surface area contributed by atoms with E-state index >= 15 is 0 Å². The summed E-state index contributed by atoms with van der Waals surface area (Å²) in [5.41, 5.74) is 2.32. The van der Waals surface area contributed by atoms with Crippen LogP contribution in [0.3, 0.4) is 0 Å². The Kier molecular flexibility index (Phi) is 4.11. The lowest BCUT2D eigenvalue weighted by Gasteiger charge is -2.30. The molecule has 0 radical (unpaired) electrons. The maximum absolute atomic E-state index is 10.4. The van der Waals surface area contributed by atoms with Gasteiger partial charge < -0.3 is 5.11 Å². The molecule has 0 spiro atoms. The third-order valence-electron chi connectivity index (χ3n) is 3.52. The maximum atomic E-state index is 10.4. The second kappa shape index (κ2) is 5.17. The lowest BCUT2D eigenvalue weighted by atomic mass is 9.75. The highest BCUT2D eigenvalue weighted by Gasteiger charge is 2.24. The fraction of sp³-hybridized carbons (Fsp3) is 0.400. The fourth-order valence-electron chi connectivity index (χ4n) is 1.52. The Balaban J connectivity index is 2.92. The van der Waals surface area contributed by atoms with E-state index in [1.54, 1.807) is 6.08 Å². The van der Waals surface area contributed by atoms with Crippen LogP contribution in [-0.4, -0.2) is 11.1 Å². The summed E-state index contributed by atoms with van der Waals surface area (Å²) >= 11 is 0. The van der Waals surface area contributed by atoms with Crippen molar-refractivity contribution in [2.45, 2.75) is 33.1 Å². The number of rotatable bonds is 4. The number of aliphatic carboxylic acids is 1. The zero-order valence-electron chi connectivity index (χ0n) is 10.9. The van der Waals surface area contributed by atoms with E-state index < -0.39 is 5.97 Å². The van der Waals surface area contributed by atoms with E-state index in [9.17, 15) is 4.79 Å². The molecule has 1 aromatic rings. The molecule has 1 rings (SSSR count). The van der Waals surface area contributed by atoms with E-state index in [0.717, 1.165) is 11.6 Å². The van der Waals surface area contributed by atoms with Gasteiger partial charge in [0.25, 0.3) is 0 Å². The smallest absolute Gasteiger partial charge is 0.328 e. The summed E-state index contributed by atoms with van der Waals surface area (Å²) < 4.78 is 0. The SMILES string of the molecule is CC(C)C(C)(C)c1ccc(/C=C/C(=O)O)cc1. The first kappa shape index (κ1) is 13.5. The summed E-state index contributed by atoms with van der Waals surface area (Å²) in [7, 11) is 0. The number of carboxylic acids is 1. The zero-order valence-corrected chi connectivity index (χ0v) is 10.9. The molecule has 0 saturated heterocycles. The van der Waals surface area contributed by atoms with E-state index in [-0.39, 0.29) is 5.41 Å². The summed E-state index contributed by atoms with van der Waals surface area (Å²) in [6, 6.07) is 8.06. The van der Waals surface area contributed by atoms with Gasteiger partial charge in [0, 0.05) is 6.08 Å². The zero-order chi connectivity index (χ0) is 13.1. The van der Waals surface area contributed by atoms with Crippen molar-refractivity contribution >= 4 is 12.0 Å². The van der Waals surface area contributed by atoms with Crippen molar-refractivity contribution in [3.8, 4) is 0 Å². The van der Waals surface area contributed by atoms with Gasteiger partial charge in [-0.3, -0.25) is 0 Å². The Bertz CT molecular complexity index is 411. The lowest BCUT2D eigenvalue weighted by molar-refractivity contribution is -0.131. The Morgan fingerprint density at radius 1 is 1.24 bits per heavy atom. The molecule has 0 aliphatic rings. The maximum Gasteiger partial charge on any atom is 0.328 e. The standard InChI is InChI=1S/C15H20O2/c1-11(2)15(3,4)13-8-5-12(6-9-13)7-10-14(16)17/h5-11H,1-4H3,(H,16,17)/b10-7+. The molecule has 0 bridgehead atoms. The Labute approximate surface area is 103 Å². The highest BCUT2D eigenvalue weighted by molar-refractivity contribution is 5.85. The van der Waals surface area contributed by atoms with Crippen molar-refractivity contribution < 1.29 is 9.90 Å². The van der Waals surface area contributed by atoms with E-state index in [0.29, 0.717) is 5.92 Å². The first-order chi connectivity index (χ1) is 7.84. The van der Waals surface area contributed by atoms with Crippen molar-refractivity contribution in [1.29, 1.82) is 0 Å². The molecule has 0 aliphatic carbocycles. The monoisotopic (exact) mass is 232 g/mol. The van der Waals surface area contributed by atoms with Gasteiger partial charge in [-0.15, -0.1) is 0 Å². The van der Waals surface area contributed by atoms with Gasteiger partial charge in [-0.1, -0.05) is 52.0 Å². The topological polar surface area (TPSA) is 37.3 Å². The largest absolute Gasteiger partial charge is 0.478 e. The quantitative estimate of drug-likeness (QED) is 0.803. The van der Waals surface area contributed by atoms with E-state index in [1.165, 1.54) is 5.56 Å². The molecule has 0 unspecified atom stereocenters. The van der Waals surface area contributed by atoms with Gasteiger partial charge in [0.1, 0.15) is 0 Å². The molecule has 0 saturated carbocycles. The molecule has 0 aromatic heterocycles. The molecule has 2 nitrogen and oxygen atoms in total. The number of hydrogen-bond donors (Lipinski definition) is 1. The van der Waals surface area contributed by atoms with E-state index in [4.69, 9.17) is 5.11 Å². The highest BCUT2D eigenvalue weighted by atomic mass is 16.4. The summed E-state index contributed by atoms with van der Waals surface area (Å²) in [5.74, 6) is -0.362. The summed E-state index contributed by atoms with van der Waals surface area (Å²) in [4.78, 5) is 10.4. The molecule has 1 N–H and O–H groups in total. The van der Waals surface area contributed by atoms with Crippen LogP contribution >= 0.6 is 0 Å². The molecule has 0 aliphatic heterocycles. The molecule has 0 atom stereocenters. The van der Waals surface area contributed by atoms with Gasteiger partial charge in [0.15, 0.2) is 0 Å². The Morgan fingerprint density at radius 3 is 2.18 bits per heavy atom. The van der Waals surface area contributed by atoms with Gasteiger partial charge in [0.2, 0.25) is 0 Å². The van der Waals surface area contributed by atoms with Crippen LogP contribution in [0.2, 0.25) is 0 Å². The normalized spacial score (nSPS) is 12.3. The first-order valence-corrected chi connectivity index (χ1v) is 5.85. The van der Waals surface area contributed by atoms with E-state index in [2.05, 4.69) is 39.8 Å². The van der Waals surface area contributed by atoms with Crippen molar-refractivity contribution in [3.63, 3.8) is 0 Å². The molecule has 2 heteroatoms. The average molecular weight is 232 g/mol. The molecule has 17 heavy (non-hydrogen) atoms. The Hall–Kier alpha value is -1.57. The molecule has 0 amide bonds. The highest BCUT2D eigenvalue weighted by Crippen LogP contribution is 2.31. The third-order valence-corrected chi connectivity index (χ3v) is 3.52. The molecular weight excluding hydrogens is 212 g/mol. The first-order valence-electron chi connectivity index (χ1n) is 5.85. The molecular formula is C15H20O2. The molecule has 92 valence electrons. The third kappa shape index (κ3) is 3.45.